The van der Waals surface area contributed by atoms with Crippen LogP contribution < -0.4 is 15.3 Å². The first-order valence-electron chi connectivity index (χ1n) is 5.62. The van der Waals surface area contributed by atoms with Crippen LogP contribution in [0.2, 0.25) is 0 Å². The van der Waals surface area contributed by atoms with Crippen LogP contribution >= 0.6 is 0 Å². The van der Waals surface area contributed by atoms with Gasteiger partial charge in [-0.25, -0.2) is 0 Å². The van der Waals surface area contributed by atoms with Crippen LogP contribution in [0.3, 0.4) is 0 Å². The van der Waals surface area contributed by atoms with Gasteiger partial charge in [0.2, 0.25) is 0 Å². The summed E-state index contributed by atoms with van der Waals surface area (Å²) in [4.78, 5) is 48.6. The molecular formula is C13H17AlO8. The maximum absolute atomic E-state index is 9.98. The molecule has 120 valence electrons. The van der Waals surface area contributed by atoms with Gasteiger partial charge >= 0.3 is 17.4 Å². The van der Waals surface area contributed by atoms with Crippen LogP contribution in [0, 0.1) is 0 Å². The van der Waals surface area contributed by atoms with Crippen molar-refractivity contribution in [2.45, 2.75) is 40.5 Å². The first kappa shape index (κ1) is 28.2. The zero-order valence-corrected chi connectivity index (χ0v) is 14.0. The molecule has 0 heterocycles. The number of carbonyl (C=O) groups excluding carboxylic acids is 5. The van der Waals surface area contributed by atoms with E-state index in [2.05, 4.69) is 0 Å². The topological polar surface area (TPSA) is 155 Å². The molecule has 0 bridgehead atoms. The smallest absolute Gasteiger partial charge is 0.876 e. The fourth-order valence-electron chi connectivity index (χ4n) is 0.693. The largest absolute Gasteiger partial charge is 3.00 e. The Bertz CT molecular complexity index is 372. The van der Waals surface area contributed by atoms with Gasteiger partial charge in [0.1, 0.15) is 11.6 Å². The van der Waals surface area contributed by atoms with Crippen molar-refractivity contribution >= 4 is 46.6 Å². The molecule has 0 saturated carbocycles. The van der Waals surface area contributed by atoms with Crippen LogP contribution in [0.5, 0.6) is 0 Å². The monoisotopic (exact) mass is 328 g/mol. The van der Waals surface area contributed by atoms with Gasteiger partial charge in [0, 0.05) is 24.8 Å². The molecular weight excluding hydrogens is 311 g/mol. The minimum Gasteiger partial charge on any atom is -0.876 e. The first-order valence-corrected chi connectivity index (χ1v) is 5.62. The number of rotatable bonds is 5. The number of hydrogen-bond acceptors (Lipinski definition) is 8. The van der Waals surface area contributed by atoms with Crippen LogP contribution in [0.4, 0.5) is 0 Å². The summed E-state index contributed by atoms with van der Waals surface area (Å²) in [5, 5.41) is 28.9. The standard InChI is InChI=1S/C5H8O2.2C4H6O3.Al/c1-4(6)3-5(2)7;2*1-3(5)2-4(6)7;/h3,6H,1-2H3;2*2H2,1H3,(H,6,7);/q;;;+3/p-3/b4-3-;;;. The predicted octanol–water partition coefficient (Wildman–Crippen LogP) is -3.11. The van der Waals surface area contributed by atoms with Gasteiger partial charge in [-0.15, -0.1) is 5.76 Å². The normalized spacial score (nSPS) is 8.82. The molecule has 0 fully saturated rings. The van der Waals surface area contributed by atoms with Gasteiger partial charge in [0.15, 0.2) is 5.78 Å². The maximum Gasteiger partial charge on any atom is 3.00 e. The second-order valence-corrected chi connectivity index (χ2v) is 3.87. The van der Waals surface area contributed by atoms with Crippen LogP contribution in [0.1, 0.15) is 40.5 Å². The van der Waals surface area contributed by atoms with E-state index in [1.54, 1.807) is 0 Å². The minimum absolute atomic E-state index is 0. The number of Topliss-reactive ketones (excluding diaryl/α,β-unsaturated/α-hetero) is 2. The average molecular weight is 328 g/mol. The van der Waals surface area contributed by atoms with Crippen molar-refractivity contribution in [3.05, 3.63) is 11.8 Å². The quantitative estimate of drug-likeness (QED) is 0.222. The summed E-state index contributed by atoms with van der Waals surface area (Å²) in [7, 11) is 0. The SMILES string of the molecule is CC(=O)/C=C(/C)[O-].CC(=O)CC(=O)[O-].CC(=O)CC(=O)[O-].[Al+3]. The number of carboxylic acid groups (broad SMARTS) is 2. The Balaban J connectivity index is -0.000000108. The van der Waals surface area contributed by atoms with E-state index in [1.807, 2.05) is 0 Å². The van der Waals surface area contributed by atoms with E-state index < -0.39 is 24.8 Å². The van der Waals surface area contributed by atoms with Crippen LogP contribution in [-0.4, -0.2) is 46.6 Å². The third kappa shape index (κ3) is 52.0. The zero-order chi connectivity index (χ0) is 17.6. The molecule has 0 spiro atoms. The fraction of sp³-hybridized carbons (Fsp3) is 0.462. The number of carboxylic acids is 2. The Hall–Kier alpha value is -1.98. The Morgan fingerprint density at radius 1 is 0.727 bits per heavy atom. The van der Waals surface area contributed by atoms with Gasteiger partial charge in [-0.1, -0.05) is 6.92 Å². The summed E-state index contributed by atoms with van der Waals surface area (Å²) in [5.74, 6) is -3.75. The third-order valence-corrected chi connectivity index (χ3v) is 1.19. The van der Waals surface area contributed by atoms with E-state index in [4.69, 9.17) is 0 Å². The maximum atomic E-state index is 9.98. The summed E-state index contributed by atoms with van der Waals surface area (Å²) < 4.78 is 0. The Labute approximate surface area is 139 Å². The zero-order valence-electron chi connectivity index (χ0n) is 12.8. The van der Waals surface area contributed by atoms with Gasteiger partial charge in [0.05, 0.1) is 0 Å². The number of carbonyl (C=O) groups is 5. The molecule has 0 aliphatic carbocycles. The number of ketones is 3. The molecule has 9 heteroatoms. The number of aliphatic carboxylic acids is 2. The molecule has 0 rings (SSSR count). The van der Waals surface area contributed by atoms with E-state index in [9.17, 15) is 39.3 Å². The van der Waals surface area contributed by atoms with Crippen molar-refractivity contribution in [3.63, 3.8) is 0 Å². The Kier molecular flexibility index (Phi) is 21.9. The van der Waals surface area contributed by atoms with E-state index in [0.29, 0.717) is 0 Å². The van der Waals surface area contributed by atoms with Crippen molar-refractivity contribution in [1.29, 1.82) is 0 Å². The first-order chi connectivity index (χ1) is 9.38. The average Bonchev–Trinajstić information content (AvgIpc) is 2.10. The fourth-order valence-corrected chi connectivity index (χ4v) is 0.693. The van der Waals surface area contributed by atoms with Gasteiger partial charge in [-0.05, 0) is 26.8 Å². The Morgan fingerprint density at radius 3 is 1.00 bits per heavy atom. The second kappa shape index (κ2) is 17.1. The van der Waals surface area contributed by atoms with E-state index in [1.165, 1.54) is 27.7 Å². The molecule has 0 aromatic rings. The van der Waals surface area contributed by atoms with Crippen LogP contribution in [-0.2, 0) is 24.0 Å². The van der Waals surface area contributed by atoms with Gasteiger partial charge in [-0.2, -0.15) is 0 Å². The van der Waals surface area contributed by atoms with Gasteiger partial charge < -0.3 is 24.9 Å². The van der Waals surface area contributed by atoms with Gasteiger partial charge in [0.25, 0.3) is 0 Å². The summed E-state index contributed by atoms with van der Waals surface area (Å²) in [5.41, 5.74) is 0. The van der Waals surface area contributed by atoms with E-state index >= 15 is 0 Å². The van der Waals surface area contributed by atoms with E-state index in [0.717, 1.165) is 6.08 Å². The summed E-state index contributed by atoms with van der Waals surface area (Å²) in [6.45, 7) is 5.11. The van der Waals surface area contributed by atoms with Gasteiger partial charge in [-0.3, -0.25) is 14.4 Å². The van der Waals surface area contributed by atoms with Crippen LogP contribution in [0.25, 0.3) is 0 Å². The molecule has 0 radical (unpaired) electrons. The third-order valence-electron chi connectivity index (χ3n) is 1.19. The molecule has 0 N–H and O–H groups in total. The molecule has 0 aliphatic rings. The summed E-state index contributed by atoms with van der Waals surface area (Å²) in [6.07, 6.45) is 0.111. The van der Waals surface area contributed by atoms with Crippen molar-refractivity contribution in [2.24, 2.45) is 0 Å². The van der Waals surface area contributed by atoms with Crippen molar-refractivity contribution in [1.82, 2.24) is 0 Å². The molecule has 0 atom stereocenters. The molecule has 0 unspecified atom stereocenters. The number of hydrogen-bond donors (Lipinski definition) is 0. The second-order valence-electron chi connectivity index (χ2n) is 3.87. The summed E-state index contributed by atoms with van der Waals surface area (Å²) >= 11 is 0. The molecule has 0 saturated heterocycles. The molecule has 0 amide bonds. The summed E-state index contributed by atoms with van der Waals surface area (Å²) in [6, 6.07) is 0. The van der Waals surface area contributed by atoms with Crippen molar-refractivity contribution in [3.8, 4) is 0 Å². The molecule has 0 aliphatic heterocycles. The number of allylic oxidation sites excluding steroid dienone is 2. The van der Waals surface area contributed by atoms with Crippen LogP contribution in [0.15, 0.2) is 11.8 Å². The van der Waals surface area contributed by atoms with Crippen molar-refractivity contribution < 1.29 is 39.3 Å². The Morgan fingerprint density at radius 2 is 1.00 bits per heavy atom. The molecule has 0 aromatic heterocycles. The molecule has 8 nitrogen and oxygen atoms in total. The van der Waals surface area contributed by atoms with E-state index in [-0.39, 0.29) is 40.5 Å². The molecule has 22 heavy (non-hydrogen) atoms. The van der Waals surface area contributed by atoms with Crippen molar-refractivity contribution in [2.75, 3.05) is 0 Å². The molecule has 0 aromatic carbocycles. The predicted molar refractivity (Wildman–Crippen MR) is 70.8 cm³/mol. The minimum atomic E-state index is -1.31.